The predicted octanol–water partition coefficient (Wildman–Crippen LogP) is 1.74. The molecule has 25 heavy (non-hydrogen) atoms. The molecule has 0 aromatic carbocycles. The second-order valence-electron chi connectivity index (χ2n) is 5.93. The molecule has 0 saturated carbocycles. The molecule has 2 aliphatic heterocycles. The zero-order valence-electron chi connectivity index (χ0n) is 14.3. The molecule has 0 bridgehead atoms. The van der Waals surface area contributed by atoms with E-state index in [4.69, 9.17) is 4.74 Å². The Kier molecular flexibility index (Phi) is 12.2. The van der Waals surface area contributed by atoms with Gasteiger partial charge in [0.15, 0.2) is 0 Å². The van der Waals surface area contributed by atoms with E-state index in [2.05, 4.69) is 15.2 Å². The van der Waals surface area contributed by atoms with Gasteiger partial charge in [-0.1, -0.05) is 0 Å². The van der Waals surface area contributed by atoms with Crippen LogP contribution in [0, 0.1) is 6.92 Å². The molecule has 0 radical (unpaired) electrons. The normalized spacial score (nSPS) is 20.8. The van der Waals surface area contributed by atoms with Gasteiger partial charge < -0.3 is 15.0 Å². The van der Waals surface area contributed by atoms with E-state index in [0.717, 1.165) is 50.9 Å². The largest absolute Gasteiger partial charge is 0.378 e. The number of nitrogens with one attached hydrogen (secondary N) is 1. The molecule has 1 N–H and O–H groups in total. The van der Waals surface area contributed by atoms with Crippen molar-refractivity contribution in [2.45, 2.75) is 25.9 Å². The number of thiazole rings is 1. The van der Waals surface area contributed by atoms with Gasteiger partial charge in [0.2, 0.25) is 5.91 Å². The zero-order chi connectivity index (χ0) is 15.4. The van der Waals surface area contributed by atoms with Crippen molar-refractivity contribution in [3.8, 4) is 0 Å². The smallest absolute Gasteiger partial charge is 0.224 e. The minimum Gasteiger partial charge on any atom is -0.378 e. The Morgan fingerprint density at radius 2 is 2.04 bits per heavy atom. The molecule has 0 spiro atoms. The van der Waals surface area contributed by atoms with Gasteiger partial charge in [-0.05, 0) is 6.92 Å². The fraction of sp³-hybridized carbons (Fsp3) is 0.733. The summed E-state index contributed by atoms with van der Waals surface area (Å²) in [6.45, 7) is 8.76. The minimum atomic E-state index is 0. The molecule has 3 rings (SSSR count). The molecule has 0 aliphatic carbocycles. The minimum absolute atomic E-state index is 0. The van der Waals surface area contributed by atoms with Crippen molar-refractivity contribution >= 4 is 54.5 Å². The summed E-state index contributed by atoms with van der Waals surface area (Å²) in [5.41, 5.74) is 0. The summed E-state index contributed by atoms with van der Waals surface area (Å²) >= 11 is 1.76. The van der Waals surface area contributed by atoms with E-state index in [1.54, 1.807) is 11.3 Å². The van der Waals surface area contributed by atoms with Gasteiger partial charge in [-0.25, -0.2) is 4.98 Å². The van der Waals surface area contributed by atoms with Gasteiger partial charge >= 0.3 is 0 Å². The Balaban J connectivity index is 0.00000192. The number of carbonyl (C=O) groups excluding carboxylic acids is 1. The molecule has 1 unspecified atom stereocenters. The van der Waals surface area contributed by atoms with Crippen LogP contribution in [0.5, 0.6) is 0 Å². The summed E-state index contributed by atoms with van der Waals surface area (Å²) in [5.74, 6) is 0.247. The first-order valence-electron chi connectivity index (χ1n) is 7.93. The highest BCUT2D eigenvalue weighted by Crippen LogP contribution is 2.16. The molecule has 1 aromatic rings. The number of morpholine rings is 1. The average Bonchev–Trinajstić information content (AvgIpc) is 2.94. The summed E-state index contributed by atoms with van der Waals surface area (Å²) in [4.78, 5) is 22.3. The van der Waals surface area contributed by atoms with Crippen LogP contribution in [0.15, 0.2) is 6.20 Å². The van der Waals surface area contributed by atoms with Crippen molar-refractivity contribution in [2.24, 2.45) is 0 Å². The SMILES string of the molecule is Cc1ncc(CN2CCN(C(=O)CC3COCCN3)CC2)s1.Cl.Cl.Cl. The molecule has 10 heteroatoms. The van der Waals surface area contributed by atoms with Crippen LogP contribution in [0.25, 0.3) is 0 Å². The lowest BCUT2D eigenvalue weighted by atomic mass is 10.1. The molecule has 1 atom stereocenters. The van der Waals surface area contributed by atoms with Crippen LogP contribution >= 0.6 is 48.6 Å². The maximum atomic E-state index is 12.3. The lowest BCUT2D eigenvalue weighted by molar-refractivity contribution is -0.134. The van der Waals surface area contributed by atoms with Crippen molar-refractivity contribution in [1.29, 1.82) is 0 Å². The van der Waals surface area contributed by atoms with Crippen LogP contribution in [-0.2, 0) is 16.1 Å². The summed E-state index contributed by atoms with van der Waals surface area (Å²) in [5, 5.41) is 4.46. The number of nitrogens with zero attached hydrogens (tertiary/aromatic N) is 3. The maximum Gasteiger partial charge on any atom is 0.224 e. The Morgan fingerprint density at radius 1 is 1.32 bits per heavy atom. The molecule has 2 aliphatic rings. The van der Waals surface area contributed by atoms with Crippen LogP contribution in [0.2, 0.25) is 0 Å². The first-order chi connectivity index (χ1) is 10.7. The average molecular weight is 434 g/mol. The van der Waals surface area contributed by atoms with E-state index in [9.17, 15) is 4.79 Å². The van der Waals surface area contributed by atoms with Crippen LogP contribution in [0.3, 0.4) is 0 Å². The highest BCUT2D eigenvalue weighted by Gasteiger charge is 2.24. The molecule has 2 saturated heterocycles. The number of ether oxygens (including phenoxy) is 1. The lowest BCUT2D eigenvalue weighted by Crippen LogP contribution is -2.51. The van der Waals surface area contributed by atoms with Gasteiger partial charge in [-0.3, -0.25) is 9.69 Å². The number of aromatic nitrogens is 1. The van der Waals surface area contributed by atoms with Crippen molar-refractivity contribution in [1.82, 2.24) is 20.1 Å². The summed E-state index contributed by atoms with van der Waals surface area (Å²) in [7, 11) is 0. The van der Waals surface area contributed by atoms with E-state index in [1.807, 2.05) is 18.0 Å². The van der Waals surface area contributed by atoms with Gasteiger partial charge in [-0.15, -0.1) is 48.6 Å². The van der Waals surface area contributed by atoms with Crippen LogP contribution in [-0.4, -0.2) is 72.7 Å². The highest BCUT2D eigenvalue weighted by atomic mass is 35.5. The Labute approximate surface area is 171 Å². The number of carbonyl (C=O) groups is 1. The fourth-order valence-corrected chi connectivity index (χ4v) is 3.78. The van der Waals surface area contributed by atoms with Crippen molar-refractivity contribution in [3.05, 3.63) is 16.1 Å². The van der Waals surface area contributed by atoms with Crippen LogP contribution < -0.4 is 5.32 Å². The van der Waals surface area contributed by atoms with E-state index in [0.29, 0.717) is 13.0 Å². The molecular weight excluding hydrogens is 407 g/mol. The van der Waals surface area contributed by atoms with Gasteiger partial charge in [0, 0.05) is 62.8 Å². The van der Waals surface area contributed by atoms with Gasteiger partial charge in [0.05, 0.1) is 18.2 Å². The maximum absolute atomic E-state index is 12.3. The number of aryl methyl sites for hydroxylation is 1. The Hall–Kier alpha value is -0.150. The number of hydrogen-bond acceptors (Lipinski definition) is 6. The topological polar surface area (TPSA) is 57.7 Å². The lowest BCUT2D eigenvalue weighted by Gasteiger charge is -2.35. The Bertz CT molecular complexity index is 507. The van der Waals surface area contributed by atoms with E-state index < -0.39 is 0 Å². The van der Waals surface area contributed by atoms with Crippen molar-refractivity contribution in [2.75, 3.05) is 45.9 Å². The van der Waals surface area contributed by atoms with E-state index in [-0.39, 0.29) is 49.2 Å². The van der Waals surface area contributed by atoms with Crippen LogP contribution in [0.1, 0.15) is 16.3 Å². The molecular formula is C15H27Cl3N4O2S. The number of halogens is 3. The zero-order valence-corrected chi connectivity index (χ0v) is 17.6. The van der Waals surface area contributed by atoms with Crippen molar-refractivity contribution in [3.63, 3.8) is 0 Å². The monoisotopic (exact) mass is 432 g/mol. The fourth-order valence-electron chi connectivity index (χ4n) is 2.94. The predicted molar refractivity (Wildman–Crippen MR) is 108 cm³/mol. The third-order valence-corrected chi connectivity index (χ3v) is 5.09. The second kappa shape index (κ2) is 12.3. The molecule has 3 heterocycles. The number of piperazine rings is 1. The quantitative estimate of drug-likeness (QED) is 0.784. The summed E-state index contributed by atoms with van der Waals surface area (Å²) in [6, 6.07) is 0.180. The van der Waals surface area contributed by atoms with Crippen molar-refractivity contribution < 1.29 is 9.53 Å². The number of rotatable bonds is 4. The first-order valence-corrected chi connectivity index (χ1v) is 8.75. The number of amides is 1. The number of hydrogen-bond donors (Lipinski definition) is 1. The standard InChI is InChI=1S/C15H24N4O2S.3ClH/c1-12-17-9-14(22-12)10-18-3-5-19(6-4-18)15(20)8-13-11-21-7-2-16-13;;;/h9,13,16H,2-8,10-11H2,1H3;3*1H. The third-order valence-electron chi connectivity index (χ3n) is 4.19. The van der Waals surface area contributed by atoms with Gasteiger partial charge in [0.25, 0.3) is 0 Å². The summed E-state index contributed by atoms with van der Waals surface area (Å²) < 4.78 is 5.41. The van der Waals surface area contributed by atoms with E-state index >= 15 is 0 Å². The Morgan fingerprint density at radius 3 is 2.60 bits per heavy atom. The first kappa shape index (κ1) is 24.8. The molecule has 6 nitrogen and oxygen atoms in total. The molecule has 1 aromatic heterocycles. The van der Waals surface area contributed by atoms with Crippen LogP contribution in [0.4, 0.5) is 0 Å². The van der Waals surface area contributed by atoms with E-state index in [1.165, 1.54) is 4.88 Å². The second-order valence-corrected chi connectivity index (χ2v) is 7.25. The highest BCUT2D eigenvalue weighted by molar-refractivity contribution is 7.11. The van der Waals surface area contributed by atoms with Gasteiger partial charge in [0.1, 0.15) is 0 Å². The molecule has 1 amide bonds. The molecule has 146 valence electrons. The van der Waals surface area contributed by atoms with Gasteiger partial charge in [-0.2, -0.15) is 0 Å². The molecule has 2 fully saturated rings. The third kappa shape index (κ3) is 7.54. The summed E-state index contributed by atoms with van der Waals surface area (Å²) in [6.07, 6.45) is 2.51.